The van der Waals surface area contributed by atoms with Gasteiger partial charge < -0.3 is 10.6 Å². The van der Waals surface area contributed by atoms with Gasteiger partial charge in [0.15, 0.2) is 0 Å². The first-order chi connectivity index (χ1) is 8.79. The molecule has 1 aromatic rings. The molecule has 2 rings (SSSR count). The highest BCUT2D eigenvalue weighted by molar-refractivity contribution is 5.47. The van der Waals surface area contributed by atoms with Crippen molar-refractivity contribution in [3.8, 4) is 0 Å². The molecule has 0 aliphatic heterocycles. The summed E-state index contributed by atoms with van der Waals surface area (Å²) < 4.78 is 0. The van der Waals surface area contributed by atoms with Crippen LogP contribution >= 0.6 is 0 Å². The molecule has 0 amide bonds. The van der Waals surface area contributed by atoms with Crippen LogP contribution in [0.3, 0.4) is 0 Å². The molecule has 1 aliphatic carbocycles. The van der Waals surface area contributed by atoms with Crippen molar-refractivity contribution in [3.63, 3.8) is 0 Å². The van der Waals surface area contributed by atoms with E-state index in [-0.39, 0.29) is 0 Å². The zero-order valence-electron chi connectivity index (χ0n) is 13.0. The molecular formula is C15H26N4. The Balaban J connectivity index is 2.01. The molecule has 1 heterocycles. The maximum absolute atomic E-state index is 4.45. The third-order valence-corrected chi connectivity index (χ3v) is 5.00. The number of nitrogens with zero attached hydrogens (tertiary/aromatic N) is 2. The molecule has 1 aliphatic rings. The van der Waals surface area contributed by atoms with Crippen molar-refractivity contribution in [2.45, 2.75) is 41.5 Å². The molecule has 4 nitrogen and oxygen atoms in total. The monoisotopic (exact) mass is 262 g/mol. The lowest BCUT2D eigenvalue weighted by molar-refractivity contribution is 0.457. The molecule has 19 heavy (non-hydrogen) atoms. The predicted molar refractivity (Wildman–Crippen MR) is 80.5 cm³/mol. The Morgan fingerprint density at radius 3 is 2.05 bits per heavy atom. The zero-order chi connectivity index (χ0) is 14.3. The first-order valence-corrected chi connectivity index (χ1v) is 7.12. The summed E-state index contributed by atoms with van der Waals surface area (Å²) in [6.07, 6.45) is 0. The van der Waals surface area contributed by atoms with E-state index in [1.54, 1.807) is 0 Å². The van der Waals surface area contributed by atoms with Gasteiger partial charge in [0, 0.05) is 19.2 Å². The molecular weight excluding hydrogens is 236 g/mol. The lowest BCUT2D eigenvalue weighted by atomic mass is 10.0. The molecule has 2 N–H and O–H groups in total. The quantitative estimate of drug-likeness (QED) is 0.854. The summed E-state index contributed by atoms with van der Waals surface area (Å²) >= 11 is 0. The number of anilines is 2. The Morgan fingerprint density at radius 1 is 1.05 bits per heavy atom. The predicted octanol–water partition coefficient (Wildman–Crippen LogP) is 3.31. The summed E-state index contributed by atoms with van der Waals surface area (Å²) in [5.74, 6) is 3.31. The van der Waals surface area contributed by atoms with Gasteiger partial charge >= 0.3 is 0 Å². The maximum atomic E-state index is 4.45. The van der Waals surface area contributed by atoms with E-state index in [1.165, 1.54) is 0 Å². The molecule has 0 aromatic carbocycles. The topological polar surface area (TPSA) is 49.8 Å². The third-order valence-electron chi connectivity index (χ3n) is 5.00. The van der Waals surface area contributed by atoms with Crippen molar-refractivity contribution in [1.29, 1.82) is 0 Å². The van der Waals surface area contributed by atoms with E-state index in [9.17, 15) is 0 Å². The fourth-order valence-electron chi connectivity index (χ4n) is 2.98. The van der Waals surface area contributed by atoms with Gasteiger partial charge in [0.25, 0.3) is 0 Å². The standard InChI is InChI=1S/C15H26N4/c1-7-16-12-8-13(19-10(2)18-12)17-9-11-14(3,4)15(11,5)6/h8,11H,7,9H2,1-6H3,(H2,16,17,18,19). The Hall–Kier alpha value is -1.32. The van der Waals surface area contributed by atoms with Gasteiger partial charge in [-0.2, -0.15) is 0 Å². The van der Waals surface area contributed by atoms with Crippen molar-refractivity contribution in [1.82, 2.24) is 9.97 Å². The molecule has 0 unspecified atom stereocenters. The van der Waals surface area contributed by atoms with Gasteiger partial charge in [-0.1, -0.05) is 27.7 Å². The van der Waals surface area contributed by atoms with Gasteiger partial charge in [-0.05, 0) is 30.6 Å². The summed E-state index contributed by atoms with van der Waals surface area (Å²) in [4.78, 5) is 8.81. The van der Waals surface area contributed by atoms with E-state index in [0.29, 0.717) is 16.7 Å². The number of hydrogen-bond donors (Lipinski definition) is 2. The molecule has 0 spiro atoms. The summed E-state index contributed by atoms with van der Waals surface area (Å²) in [6, 6.07) is 1.98. The fourth-order valence-corrected chi connectivity index (χ4v) is 2.98. The van der Waals surface area contributed by atoms with Gasteiger partial charge in [-0.25, -0.2) is 9.97 Å². The molecule has 0 bridgehead atoms. The zero-order valence-corrected chi connectivity index (χ0v) is 13.0. The molecule has 4 heteroatoms. The Bertz CT molecular complexity index is 451. The van der Waals surface area contributed by atoms with Crippen molar-refractivity contribution in [2.24, 2.45) is 16.7 Å². The summed E-state index contributed by atoms with van der Waals surface area (Å²) in [6.45, 7) is 15.2. The highest BCUT2D eigenvalue weighted by atomic mass is 15.1. The number of nitrogens with one attached hydrogen (secondary N) is 2. The average molecular weight is 262 g/mol. The van der Waals surface area contributed by atoms with Crippen LogP contribution in [0, 0.1) is 23.7 Å². The summed E-state index contributed by atoms with van der Waals surface area (Å²) in [5, 5.41) is 6.70. The number of aryl methyl sites for hydroxylation is 1. The van der Waals surface area contributed by atoms with Crippen LogP contribution in [-0.4, -0.2) is 23.1 Å². The third kappa shape index (κ3) is 2.53. The second-order valence-corrected chi connectivity index (χ2v) is 6.59. The Labute approximate surface area is 116 Å². The lowest BCUT2D eigenvalue weighted by Gasteiger charge is -2.10. The van der Waals surface area contributed by atoms with Gasteiger partial charge in [0.1, 0.15) is 17.5 Å². The second-order valence-electron chi connectivity index (χ2n) is 6.59. The van der Waals surface area contributed by atoms with Crippen LogP contribution in [0.4, 0.5) is 11.6 Å². The fraction of sp³-hybridized carbons (Fsp3) is 0.733. The van der Waals surface area contributed by atoms with Gasteiger partial charge in [0.05, 0.1) is 0 Å². The maximum Gasteiger partial charge on any atom is 0.131 e. The number of aromatic nitrogens is 2. The summed E-state index contributed by atoms with van der Waals surface area (Å²) in [7, 11) is 0. The normalized spacial score (nSPS) is 20.1. The van der Waals surface area contributed by atoms with Gasteiger partial charge in [0.2, 0.25) is 0 Å². The minimum absolute atomic E-state index is 0.409. The van der Waals surface area contributed by atoms with E-state index in [0.717, 1.165) is 30.5 Å². The Kier molecular flexibility index (Phi) is 3.45. The van der Waals surface area contributed by atoms with Crippen LogP contribution in [0.5, 0.6) is 0 Å². The Morgan fingerprint density at radius 2 is 1.58 bits per heavy atom. The molecule has 0 radical (unpaired) electrons. The minimum Gasteiger partial charge on any atom is -0.370 e. The van der Waals surface area contributed by atoms with Crippen LogP contribution in [0.15, 0.2) is 6.07 Å². The largest absolute Gasteiger partial charge is 0.370 e. The molecule has 106 valence electrons. The van der Waals surface area contributed by atoms with Gasteiger partial charge in [-0.15, -0.1) is 0 Å². The van der Waals surface area contributed by atoms with Crippen LogP contribution < -0.4 is 10.6 Å². The highest BCUT2D eigenvalue weighted by Crippen LogP contribution is 2.68. The SMILES string of the molecule is CCNc1cc(NCC2C(C)(C)C2(C)C)nc(C)n1. The molecule has 1 fully saturated rings. The number of hydrogen-bond acceptors (Lipinski definition) is 4. The van der Waals surface area contributed by atoms with E-state index in [4.69, 9.17) is 0 Å². The first kappa shape index (κ1) is 14.1. The van der Waals surface area contributed by atoms with Crippen molar-refractivity contribution in [3.05, 3.63) is 11.9 Å². The highest BCUT2D eigenvalue weighted by Gasteiger charge is 2.64. The minimum atomic E-state index is 0.409. The van der Waals surface area contributed by atoms with Crippen LogP contribution in [0.1, 0.15) is 40.4 Å². The van der Waals surface area contributed by atoms with Crippen LogP contribution in [0.25, 0.3) is 0 Å². The van der Waals surface area contributed by atoms with Crippen molar-refractivity contribution < 1.29 is 0 Å². The van der Waals surface area contributed by atoms with E-state index in [2.05, 4.69) is 55.2 Å². The average Bonchev–Trinajstić information content (AvgIpc) is 2.66. The van der Waals surface area contributed by atoms with Crippen molar-refractivity contribution in [2.75, 3.05) is 23.7 Å². The molecule has 0 saturated heterocycles. The van der Waals surface area contributed by atoms with E-state index >= 15 is 0 Å². The summed E-state index contributed by atoms with van der Waals surface area (Å²) in [5.41, 5.74) is 0.819. The van der Waals surface area contributed by atoms with Gasteiger partial charge in [-0.3, -0.25) is 0 Å². The smallest absolute Gasteiger partial charge is 0.131 e. The molecule has 1 saturated carbocycles. The van der Waals surface area contributed by atoms with E-state index < -0.39 is 0 Å². The molecule has 0 atom stereocenters. The molecule has 1 aromatic heterocycles. The number of rotatable bonds is 5. The van der Waals surface area contributed by atoms with Crippen LogP contribution in [-0.2, 0) is 0 Å². The first-order valence-electron chi connectivity index (χ1n) is 7.12. The van der Waals surface area contributed by atoms with E-state index in [1.807, 2.05) is 13.0 Å². The van der Waals surface area contributed by atoms with Crippen molar-refractivity contribution >= 4 is 11.6 Å². The van der Waals surface area contributed by atoms with Crippen LogP contribution in [0.2, 0.25) is 0 Å². The lowest BCUT2D eigenvalue weighted by Crippen LogP contribution is -2.11. The second kappa shape index (κ2) is 4.66.